The molecule has 0 aliphatic heterocycles. The van der Waals surface area contributed by atoms with Crippen molar-refractivity contribution in [1.82, 2.24) is 15.2 Å². The van der Waals surface area contributed by atoms with Gasteiger partial charge in [0.15, 0.2) is 0 Å². The van der Waals surface area contributed by atoms with Gasteiger partial charge in [-0.05, 0) is 6.07 Å². The summed E-state index contributed by atoms with van der Waals surface area (Å²) in [7, 11) is 0. The van der Waals surface area contributed by atoms with Gasteiger partial charge in [-0.1, -0.05) is 6.07 Å². The van der Waals surface area contributed by atoms with E-state index in [1.807, 2.05) is 0 Å². The molecule has 0 atom stereocenters. The molecule has 3 N–H and O–H groups in total. The minimum atomic E-state index is -0.540. The lowest BCUT2D eigenvalue weighted by atomic mass is 10.1. The number of aromatic amines is 1. The van der Waals surface area contributed by atoms with Gasteiger partial charge in [-0.15, -0.1) is 12.4 Å². The van der Waals surface area contributed by atoms with Crippen LogP contribution < -0.4 is 5.73 Å². The maximum atomic E-state index is 11.0. The summed E-state index contributed by atoms with van der Waals surface area (Å²) >= 11 is 0. The fourth-order valence-electron chi connectivity index (χ4n) is 1.23. The zero-order chi connectivity index (χ0) is 9.97. The highest BCUT2D eigenvalue weighted by Gasteiger charge is 2.10. The van der Waals surface area contributed by atoms with Crippen LogP contribution in [0.1, 0.15) is 10.5 Å². The molecule has 0 bridgehead atoms. The average Bonchev–Trinajstić information content (AvgIpc) is 2.70. The number of hydrogen-bond donors (Lipinski definition) is 2. The van der Waals surface area contributed by atoms with E-state index in [0.29, 0.717) is 5.56 Å². The van der Waals surface area contributed by atoms with Crippen LogP contribution in [0, 0.1) is 0 Å². The summed E-state index contributed by atoms with van der Waals surface area (Å²) in [6.07, 6.45) is 4.83. The van der Waals surface area contributed by atoms with Crippen molar-refractivity contribution in [1.29, 1.82) is 0 Å². The minimum Gasteiger partial charge on any atom is -0.364 e. The quantitative estimate of drug-likeness (QED) is 0.798. The Bertz CT molecular complexity index is 455. The standard InChI is InChI=1S/C9H8N4O.ClH/c10-9(14)8-7(2-1-3-11-8)6-4-12-13-5-6;/h1-5H,(H2,10,14)(H,12,13);1H. The summed E-state index contributed by atoms with van der Waals surface area (Å²) in [6.45, 7) is 0. The van der Waals surface area contributed by atoms with Crippen LogP contribution in [-0.4, -0.2) is 21.1 Å². The number of carbonyl (C=O) groups excluding carboxylic acids is 1. The fraction of sp³-hybridized carbons (Fsp3) is 0. The third kappa shape index (κ3) is 2.13. The average molecular weight is 225 g/mol. The molecule has 2 heterocycles. The van der Waals surface area contributed by atoms with E-state index in [0.717, 1.165) is 5.56 Å². The molecular formula is C9H9ClN4O. The Morgan fingerprint density at radius 1 is 1.47 bits per heavy atom. The smallest absolute Gasteiger partial charge is 0.267 e. The summed E-state index contributed by atoms with van der Waals surface area (Å²) in [4.78, 5) is 15.0. The van der Waals surface area contributed by atoms with Gasteiger partial charge in [0.05, 0.1) is 6.20 Å². The van der Waals surface area contributed by atoms with Crippen molar-refractivity contribution in [2.24, 2.45) is 5.73 Å². The molecular weight excluding hydrogens is 216 g/mol. The van der Waals surface area contributed by atoms with Crippen molar-refractivity contribution >= 4 is 18.3 Å². The normalized spacial score (nSPS) is 9.33. The van der Waals surface area contributed by atoms with E-state index in [1.54, 1.807) is 24.5 Å². The number of H-pyrrole nitrogens is 1. The van der Waals surface area contributed by atoms with Gasteiger partial charge in [0.2, 0.25) is 0 Å². The largest absolute Gasteiger partial charge is 0.364 e. The van der Waals surface area contributed by atoms with Crippen molar-refractivity contribution in [3.05, 3.63) is 36.4 Å². The Balaban J connectivity index is 0.00000112. The second kappa shape index (κ2) is 4.56. The first-order valence-corrected chi connectivity index (χ1v) is 4.03. The molecule has 0 aliphatic rings. The van der Waals surface area contributed by atoms with Crippen molar-refractivity contribution in [3.63, 3.8) is 0 Å². The van der Waals surface area contributed by atoms with Crippen LogP contribution in [-0.2, 0) is 0 Å². The Kier molecular flexibility index (Phi) is 3.41. The van der Waals surface area contributed by atoms with Gasteiger partial charge in [-0.25, -0.2) is 0 Å². The molecule has 0 fully saturated rings. The molecule has 2 aromatic rings. The molecule has 0 aromatic carbocycles. The Morgan fingerprint density at radius 2 is 2.27 bits per heavy atom. The molecule has 6 heteroatoms. The molecule has 15 heavy (non-hydrogen) atoms. The maximum Gasteiger partial charge on any atom is 0.267 e. The van der Waals surface area contributed by atoms with Gasteiger partial charge in [-0.2, -0.15) is 5.10 Å². The molecule has 5 nitrogen and oxygen atoms in total. The first kappa shape index (κ1) is 11.2. The van der Waals surface area contributed by atoms with Crippen molar-refractivity contribution in [2.75, 3.05) is 0 Å². The van der Waals surface area contributed by atoms with Crippen LogP contribution in [0.5, 0.6) is 0 Å². The summed E-state index contributed by atoms with van der Waals surface area (Å²) in [5.74, 6) is -0.540. The van der Waals surface area contributed by atoms with Crippen LogP contribution in [0.4, 0.5) is 0 Å². The second-order valence-corrected chi connectivity index (χ2v) is 2.75. The Morgan fingerprint density at radius 3 is 2.87 bits per heavy atom. The van der Waals surface area contributed by atoms with Gasteiger partial charge in [0, 0.05) is 23.5 Å². The molecule has 0 unspecified atom stereocenters. The molecule has 0 aliphatic carbocycles. The zero-order valence-electron chi connectivity index (χ0n) is 7.68. The topological polar surface area (TPSA) is 84.7 Å². The SMILES string of the molecule is Cl.NC(=O)c1ncccc1-c1cn[nH]c1. The van der Waals surface area contributed by atoms with Gasteiger partial charge in [-0.3, -0.25) is 14.9 Å². The number of amides is 1. The van der Waals surface area contributed by atoms with Crippen LogP contribution >= 0.6 is 12.4 Å². The number of nitrogens with one attached hydrogen (secondary N) is 1. The van der Waals surface area contributed by atoms with Gasteiger partial charge < -0.3 is 5.73 Å². The van der Waals surface area contributed by atoms with E-state index in [9.17, 15) is 4.79 Å². The molecule has 0 saturated carbocycles. The zero-order valence-corrected chi connectivity index (χ0v) is 8.49. The van der Waals surface area contributed by atoms with Crippen LogP contribution in [0.3, 0.4) is 0 Å². The van der Waals surface area contributed by atoms with E-state index in [1.165, 1.54) is 6.20 Å². The first-order chi connectivity index (χ1) is 6.79. The number of nitrogens with zero attached hydrogens (tertiary/aromatic N) is 2. The summed E-state index contributed by atoms with van der Waals surface area (Å²) in [5.41, 5.74) is 6.93. The highest BCUT2D eigenvalue weighted by atomic mass is 35.5. The summed E-state index contributed by atoms with van der Waals surface area (Å²) < 4.78 is 0. The third-order valence-electron chi connectivity index (χ3n) is 1.85. The van der Waals surface area contributed by atoms with Gasteiger partial charge in [0.25, 0.3) is 5.91 Å². The predicted molar refractivity (Wildman–Crippen MR) is 57.6 cm³/mol. The maximum absolute atomic E-state index is 11.0. The van der Waals surface area contributed by atoms with E-state index >= 15 is 0 Å². The molecule has 1 amide bonds. The minimum absolute atomic E-state index is 0. The van der Waals surface area contributed by atoms with Crippen molar-refractivity contribution in [2.45, 2.75) is 0 Å². The fourth-order valence-corrected chi connectivity index (χ4v) is 1.23. The van der Waals surface area contributed by atoms with E-state index < -0.39 is 5.91 Å². The van der Waals surface area contributed by atoms with E-state index in [-0.39, 0.29) is 18.1 Å². The third-order valence-corrected chi connectivity index (χ3v) is 1.85. The number of halogens is 1. The number of primary amides is 1. The molecule has 0 spiro atoms. The van der Waals surface area contributed by atoms with Crippen molar-refractivity contribution in [3.8, 4) is 11.1 Å². The number of aromatic nitrogens is 3. The second-order valence-electron chi connectivity index (χ2n) is 2.75. The van der Waals surface area contributed by atoms with Crippen LogP contribution in [0.2, 0.25) is 0 Å². The van der Waals surface area contributed by atoms with Gasteiger partial charge >= 0.3 is 0 Å². The Labute approximate surface area is 92.1 Å². The monoisotopic (exact) mass is 224 g/mol. The number of nitrogens with two attached hydrogens (primary N) is 1. The number of carbonyl (C=O) groups is 1. The molecule has 0 saturated heterocycles. The van der Waals surface area contributed by atoms with Crippen LogP contribution in [0.25, 0.3) is 11.1 Å². The van der Waals surface area contributed by atoms with Gasteiger partial charge in [0.1, 0.15) is 5.69 Å². The molecule has 0 radical (unpaired) electrons. The highest BCUT2D eigenvalue weighted by molar-refractivity contribution is 5.97. The lowest BCUT2D eigenvalue weighted by Crippen LogP contribution is -2.14. The Hall–Kier alpha value is -1.88. The number of hydrogen-bond acceptors (Lipinski definition) is 3. The summed E-state index contributed by atoms with van der Waals surface area (Å²) in [5, 5.41) is 6.46. The lowest BCUT2D eigenvalue weighted by Gasteiger charge is -2.01. The van der Waals surface area contributed by atoms with E-state index in [2.05, 4.69) is 15.2 Å². The van der Waals surface area contributed by atoms with Crippen molar-refractivity contribution < 1.29 is 4.79 Å². The molecule has 2 rings (SSSR count). The summed E-state index contributed by atoms with van der Waals surface area (Å²) in [6, 6.07) is 3.52. The first-order valence-electron chi connectivity index (χ1n) is 4.03. The van der Waals surface area contributed by atoms with E-state index in [4.69, 9.17) is 5.73 Å². The van der Waals surface area contributed by atoms with Crippen LogP contribution in [0.15, 0.2) is 30.7 Å². The molecule has 78 valence electrons. The molecule has 2 aromatic heterocycles. The lowest BCUT2D eigenvalue weighted by molar-refractivity contribution is 0.0996. The number of rotatable bonds is 2. The predicted octanol–water partition coefficient (Wildman–Crippen LogP) is 0.992. The highest BCUT2D eigenvalue weighted by Crippen LogP contribution is 2.19. The number of pyridine rings is 1.